The SMILES string of the molecule is O=C1c2ccccc2[SH](c2ccccc2)c2ccc(C(F)(F)F)cc21. The number of ketones is 1. The van der Waals surface area contributed by atoms with Crippen LogP contribution in [0.2, 0.25) is 0 Å². The van der Waals surface area contributed by atoms with Crippen molar-refractivity contribution >= 4 is 16.7 Å². The highest BCUT2D eigenvalue weighted by Crippen LogP contribution is 2.57. The molecular formula is C20H13F3OS. The molecule has 4 rings (SSSR count). The maximum atomic E-state index is 13.1. The Morgan fingerprint density at radius 1 is 0.720 bits per heavy atom. The molecule has 0 spiro atoms. The maximum Gasteiger partial charge on any atom is 0.416 e. The summed E-state index contributed by atoms with van der Waals surface area (Å²) in [5, 5.41) is 0. The molecule has 0 bridgehead atoms. The Morgan fingerprint density at radius 2 is 1.36 bits per heavy atom. The van der Waals surface area contributed by atoms with Crippen molar-refractivity contribution < 1.29 is 18.0 Å². The first kappa shape index (κ1) is 16.0. The Labute approximate surface area is 145 Å². The zero-order valence-electron chi connectivity index (χ0n) is 12.9. The van der Waals surface area contributed by atoms with Gasteiger partial charge in [-0.05, 0) is 47.4 Å². The molecule has 1 unspecified atom stereocenters. The van der Waals surface area contributed by atoms with Crippen LogP contribution in [0, 0.1) is 0 Å². The van der Waals surface area contributed by atoms with Crippen LogP contribution in [0.4, 0.5) is 13.2 Å². The van der Waals surface area contributed by atoms with Crippen LogP contribution in [0.1, 0.15) is 21.5 Å². The summed E-state index contributed by atoms with van der Waals surface area (Å²) in [6.45, 7) is 0. The van der Waals surface area contributed by atoms with E-state index in [1.165, 1.54) is 6.07 Å². The highest BCUT2D eigenvalue weighted by Gasteiger charge is 2.35. The summed E-state index contributed by atoms with van der Waals surface area (Å²) in [6, 6.07) is 20.3. The van der Waals surface area contributed by atoms with Crippen LogP contribution >= 0.6 is 10.9 Å². The highest BCUT2D eigenvalue weighted by atomic mass is 32.2. The van der Waals surface area contributed by atoms with E-state index in [1.54, 1.807) is 12.1 Å². The van der Waals surface area contributed by atoms with Gasteiger partial charge in [0.1, 0.15) is 0 Å². The lowest BCUT2D eigenvalue weighted by atomic mass is 10.0. The molecule has 0 saturated heterocycles. The van der Waals surface area contributed by atoms with E-state index >= 15 is 0 Å². The first-order valence-electron chi connectivity index (χ1n) is 7.67. The fraction of sp³-hybridized carbons (Fsp3) is 0.0500. The number of benzene rings is 3. The lowest BCUT2D eigenvalue weighted by Gasteiger charge is -2.31. The zero-order chi connectivity index (χ0) is 17.6. The molecule has 1 atom stereocenters. The van der Waals surface area contributed by atoms with Crippen LogP contribution in [0.3, 0.4) is 0 Å². The first-order chi connectivity index (χ1) is 12.0. The van der Waals surface area contributed by atoms with Crippen molar-refractivity contribution in [2.75, 3.05) is 0 Å². The van der Waals surface area contributed by atoms with Gasteiger partial charge in [-0.25, -0.2) is 0 Å². The van der Waals surface area contributed by atoms with E-state index in [9.17, 15) is 18.0 Å². The van der Waals surface area contributed by atoms with Crippen LogP contribution in [0.15, 0.2) is 87.5 Å². The van der Waals surface area contributed by atoms with Gasteiger partial charge in [-0.1, -0.05) is 30.3 Å². The largest absolute Gasteiger partial charge is 0.416 e. The van der Waals surface area contributed by atoms with Crippen LogP contribution in [0.25, 0.3) is 0 Å². The Hall–Kier alpha value is -2.53. The minimum absolute atomic E-state index is 0.156. The summed E-state index contributed by atoms with van der Waals surface area (Å²) in [7, 11) is -1.06. The van der Waals surface area contributed by atoms with Crippen LogP contribution < -0.4 is 0 Å². The number of carbonyl (C=O) groups excluding carboxylic acids is 1. The Kier molecular flexibility index (Phi) is 3.69. The van der Waals surface area contributed by atoms with Crippen LogP contribution in [-0.2, 0) is 6.18 Å². The predicted octanol–water partition coefficient (Wildman–Crippen LogP) is 5.73. The smallest absolute Gasteiger partial charge is 0.289 e. The zero-order valence-corrected chi connectivity index (χ0v) is 13.8. The molecule has 0 saturated carbocycles. The van der Waals surface area contributed by atoms with Crippen molar-refractivity contribution in [1.29, 1.82) is 0 Å². The molecule has 0 radical (unpaired) electrons. The van der Waals surface area contributed by atoms with Gasteiger partial charge in [0.15, 0.2) is 5.78 Å². The third-order valence-corrected chi connectivity index (χ3v) is 6.77. The molecule has 0 fully saturated rings. The lowest BCUT2D eigenvalue weighted by molar-refractivity contribution is -0.137. The predicted molar refractivity (Wildman–Crippen MR) is 91.5 cm³/mol. The van der Waals surface area contributed by atoms with Crippen LogP contribution in [-0.4, -0.2) is 5.78 Å². The molecular weight excluding hydrogens is 345 g/mol. The topological polar surface area (TPSA) is 17.1 Å². The van der Waals surface area contributed by atoms with Gasteiger partial charge >= 0.3 is 6.18 Å². The fourth-order valence-electron chi connectivity index (χ4n) is 3.08. The van der Waals surface area contributed by atoms with Gasteiger partial charge in [0.25, 0.3) is 0 Å². The number of rotatable bonds is 1. The number of fused-ring (bicyclic) bond motifs is 2. The van der Waals surface area contributed by atoms with Crippen molar-refractivity contribution in [3.8, 4) is 0 Å². The minimum atomic E-state index is -4.47. The van der Waals surface area contributed by atoms with Gasteiger partial charge in [0.05, 0.1) is 5.56 Å². The molecule has 5 heteroatoms. The van der Waals surface area contributed by atoms with E-state index in [-0.39, 0.29) is 11.3 Å². The fourth-order valence-corrected chi connectivity index (χ4v) is 5.65. The molecule has 1 aliphatic rings. The van der Waals surface area contributed by atoms with Crippen molar-refractivity contribution in [2.24, 2.45) is 0 Å². The second-order valence-corrected chi connectivity index (χ2v) is 7.90. The second-order valence-electron chi connectivity index (χ2n) is 5.75. The quantitative estimate of drug-likeness (QED) is 0.430. The van der Waals surface area contributed by atoms with Gasteiger partial charge in [0.2, 0.25) is 0 Å². The van der Waals surface area contributed by atoms with Crippen molar-refractivity contribution in [3.05, 3.63) is 89.5 Å². The summed E-state index contributed by atoms with van der Waals surface area (Å²) >= 11 is 0. The number of carbonyl (C=O) groups is 1. The number of alkyl halides is 3. The van der Waals surface area contributed by atoms with Crippen molar-refractivity contribution in [3.63, 3.8) is 0 Å². The Morgan fingerprint density at radius 3 is 2.08 bits per heavy atom. The van der Waals surface area contributed by atoms with Crippen LogP contribution in [0.5, 0.6) is 0 Å². The summed E-state index contributed by atoms with van der Waals surface area (Å²) < 4.78 is 39.3. The summed E-state index contributed by atoms with van der Waals surface area (Å²) in [5.41, 5.74) is -0.144. The third-order valence-electron chi connectivity index (χ3n) is 4.21. The molecule has 0 aliphatic carbocycles. The molecule has 1 nitrogen and oxygen atoms in total. The van der Waals surface area contributed by atoms with E-state index in [0.717, 1.165) is 21.9 Å². The molecule has 0 aromatic heterocycles. The molecule has 3 aromatic rings. The lowest BCUT2D eigenvalue weighted by Crippen LogP contribution is -2.15. The van der Waals surface area contributed by atoms with E-state index in [4.69, 9.17) is 0 Å². The summed E-state index contributed by atoms with van der Waals surface area (Å²) in [5.74, 6) is -0.341. The second kappa shape index (κ2) is 5.77. The maximum absolute atomic E-state index is 13.1. The van der Waals surface area contributed by atoms with Gasteiger partial charge in [0, 0.05) is 20.9 Å². The molecule has 25 heavy (non-hydrogen) atoms. The third kappa shape index (κ3) is 2.65. The van der Waals surface area contributed by atoms with E-state index in [0.29, 0.717) is 10.5 Å². The van der Waals surface area contributed by atoms with E-state index in [1.807, 2.05) is 42.5 Å². The molecule has 126 valence electrons. The van der Waals surface area contributed by atoms with Gasteiger partial charge in [-0.3, -0.25) is 4.79 Å². The van der Waals surface area contributed by atoms with E-state index in [2.05, 4.69) is 0 Å². The van der Waals surface area contributed by atoms with Crippen molar-refractivity contribution in [2.45, 2.75) is 20.9 Å². The van der Waals surface area contributed by atoms with Gasteiger partial charge in [-0.2, -0.15) is 24.1 Å². The number of halogens is 3. The monoisotopic (exact) mass is 358 g/mol. The minimum Gasteiger partial charge on any atom is -0.289 e. The molecule has 0 amide bonds. The Bertz CT molecular complexity index is 964. The first-order valence-corrected chi connectivity index (χ1v) is 9.01. The molecule has 3 aromatic carbocycles. The number of hydrogen-bond acceptors (Lipinski definition) is 1. The molecule has 0 N–H and O–H groups in total. The van der Waals surface area contributed by atoms with E-state index < -0.39 is 22.6 Å². The Balaban J connectivity index is 1.99. The number of thiol groups is 1. The summed E-state index contributed by atoms with van der Waals surface area (Å²) in [4.78, 5) is 15.4. The highest BCUT2D eigenvalue weighted by molar-refractivity contribution is 8.17. The average Bonchev–Trinajstić information content (AvgIpc) is 2.62. The summed E-state index contributed by atoms with van der Waals surface area (Å²) in [6.07, 6.45) is -4.47. The standard InChI is InChI=1S/C20H13F3OS/c21-20(22,23)13-10-11-18-16(12-13)19(24)15-8-4-5-9-17(15)25(18)14-6-2-1-3-7-14/h1-12,25H. The average molecular weight is 358 g/mol. The van der Waals surface area contributed by atoms with Gasteiger partial charge in [-0.15, -0.1) is 0 Å². The number of hydrogen-bond donors (Lipinski definition) is 1. The van der Waals surface area contributed by atoms with Gasteiger partial charge < -0.3 is 0 Å². The normalized spacial score (nSPS) is 17.7. The molecule has 1 heterocycles. The molecule has 1 aliphatic heterocycles. The van der Waals surface area contributed by atoms with Crippen molar-refractivity contribution in [1.82, 2.24) is 0 Å².